The quantitative estimate of drug-likeness (QED) is 0.863. The smallest absolute Gasteiger partial charge is 0.173 e. The number of furan rings is 1. The second-order valence-corrected chi connectivity index (χ2v) is 5.56. The molecule has 0 aliphatic rings. The highest BCUT2D eigenvalue weighted by molar-refractivity contribution is 7.80. The topological polar surface area (TPSA) is 28.4 Å². The lowest BCUT2D eigenvalue weighted by Crippen LogP contribution is -2.30. The number of hydrogen-bond donors (Lipinski definition) is 1. The molecule has 0 atom stereocenters. The number of anilines is 1. The van der Waals surface area contributed by atoms with E-state index in [0.717, 1.165) is 17.2 Å². The minimum atomic E-state index is 0.657. The van der Waals surface area contributed by atoms with Crippen molar-refractivity contribution in [3.8, 4) is 0 Å². The van der Waals surface area contributed by atoms with Gasteiger partial charge in [-0.25, -0.2) is 0 Å². The Bertz CT molecular complexity index is 598. The summed E-state index contributed by atoms with van der Waals surface area (Å²) in [5.74, 6) is 1.83. The summed E-state index contributed by atoms with van der Waals surface area (Å²) in [4.78, 5) is 1.96. The van der Waals surface area contributed by atoms with Gasteiger partial charge < -0.3 is 14.6 Å². The Morgan fingerprint density at radius 2 is 1.80 bits per heavy atom. The molecule has 1 heterocycles. The summed E-state index contributed by atoms with van der Waals surface area (Å²) in [6.45, 7) is 6.76. The van der Waals surface area contributed by atoms with E-state index in [9.17, 15) is 0 Å². The molecule has 0 radical (unpaired) electrons. The molecule has 0 unspecified atom stereocenters. The third-order valence-electron chi connectivity index (χ3n) is 3.01. The molecule has 0 spiro atoms. The first-order valence-corrected chi connectivity index (χ1v) is 7.00. The van der Waals surface area contributed by atoms with E-state index in [-0.39, 0.29) is 0 Å². The van der Waals surface area contributed by atoms with Crippen molar-refractivity contribution in [3.63, 3.8) is 0 Å². The molecule has 0 fully saturated rings. The maximum Gasteiger partial charge on any atom is 0.173 e. The van der Waals surface area contributed by atoms with Crippen molar-refractivity contribution < 1.29 is 4.42 Å². The first kappa shape index (κ1) is 14.6. The molecule has 3 nitrogen and oxygen atoms in total. The molecule has 20 heavy (non-hydrogen) atoms. The van der Waals surface area contributed by atoms with E-state index in [1.54, 1.807) is 0 Å². The van der Waals surface area contributed by atoms with E-state index in [1.807, 2.05) is 31.0 Å². The van der Waals surface area contributed by atoms with Crippen LogP contribution >= 0.6 is 12.2 Å². The lowest BCUT2D eigenvalue weighted by Gasteiger charge is -2.20. The van der Waals surface area contributed by atoms with Crippen molar-refractivity contribution in [2.75, 3.05) is 12.4 Å². The van der Waals surface area contributed by atoms with E-state index in [4.69, 9.17) is 16.6 Å². The summed E-state index contributed by atoms with van der Waals surface area (Å²) < 4.78 is 5.56. The zero-order valence-corrected chi connectivity index (χ0v) is 13.2. The number of hydrogen-bond acceptors (Lipinski definition) is 2. The van der Waals surface area contributed by atoms with Crippen LogP contribution in [0.2, 0.25) is 0 Å². The van der Waals surface area contributed by atoms with Crippen molar-refractivity contribution in [1.82, 2.24) is 4.90 Å². The average Bonchev–Trinajstić information content (AvgIpc) is 2.73. The van der Waals surface area contributed by atoms with Crippen LogP contribution < -0.4 is 5.32 Å². The number of thiocarbonyl (C=S) groups is 1. The molecule has 1 N–H and O–H groups in total. The Morgan fingerprint density at radius 3 is 2.35 bits per heavy atom. The normalized spacial score (nSPS) is 10.4. The zero-order valence-electron chi connectivity index (χ0n) is 12.4. The fourth-order valence-corrected chi connectivity index (χ4v) is 2.32. The first-order chi connectivity index (χ1) is 9.44. The number of nitrogens with one attached hydrogen (secondary N) is 1. The molecule has 0 aliphatic heterocycles. The van der Waals surface area contributed by atoms with Crippen molar-refractivity contribution in [2.45, 2.75) is 27.3 Å². The molecule has 0 saturated carbocycles. The Kier molecular flexibility index (Phi) is 4.45. The van der Waals surface area contributed by atoms with Crippen LogP contribution in [0, 0.1) is 20.8 Å². The SMILES string of the molecule is Cc1cc(C)cc(NC(=S)N(C)Cc2ccc(C)o2)c1. The molecule has 0 saturated heterocycles. The predicted octanol–water partition coefficient (Wildman–Crippen LogP) is 4.03. The molecule has 4 heteroatoms. The molecule has 0 bridgehead atoms. The van der Waals surface area contributed by atoms with Gasteiger partial charge >= 0.3 is 0 Å². The van der Waals surface area contributed by atoms with Gasteiger partial charge in [0, 0.05) is 12.7 Å². The number of aryl methyl sites for hydroxylation is 3. The summed E-state index contributed by atoms with van der Waals surface area (Å²) in [6.07, 6.45) is 0. The van der Waals surface area contributed by atoms with E-state index >= 15 is 0 Å². The van der Waals surface area contributed by atoms with Gasteiger partial charge in [-0.1, -0.05) is 6.07 Å². The van der Waals surface area contributed by atoms with Crippen LogP contribution in [-0.4, -0.2) is 17.1 Å². The van der Waals surface area contributed by atoms with Gasteiger partial charge in [0.15, 0.2) is 5.11 Å². The lowest BCUT2D eigenvalue weighted by atomic mass is 10.1. The molecule has 0 amide bonds. The molecule has 106 valence electrons. The standard InChI is InChI=1S/C16H20N2OS/c1-11-7-12(2)9-14(8-11)17-16(20)18(4)10-15-6-5-13(3)19-15/h5-9H,10H2,1-4H3,(H,17,20). The number of rotatable bonds is 3. The van der Waals surface area contributed by atoms with Crippen LogP contribution in [0.1, 0.15) is 22.6 Å². The third kappa shape index (κ3) is 3.84. The highest BCUT2D eigenvalue weighted by atomic mass is 32.1. The molecule has 1 aromatic heterocycles. The lowest BCUT2D eigenvalue weighted by molar-refractivity contribution is 0.403. The van der Waals surface area contributed by atoms with Crippen LogP contribution in [0.3, 0.4) is 0 Å². The number of benzene rings is 1. The fraction of sp³-hybridized carbons (Fsp3) is 0.312. The fourth-order valence-electron chi connectivity index (χ4n) is 2.14. The summed E-state index contributed by atoms with van der Waals surface area (Å²) >= 11 is 5.42. The second kappa shape index (κ2) is 6.09. The molecule has 1 aromatic carbocycles. The molecule has 2 rings (SSSR count). The first-order valence-electron chi connectivity index (χ1n) is 6.60. The summed E-state index contributed by atoms with van der Waals surface area (Å²) in [5.41, 5.74) is 3.47. The van der Waals surface area contributed by atoms with Crippen molar-refractivity contribution >= 4 is 23.0 Å². The monoisotopic (exact) mass is 288 g/mol. The molecular formula is C16H20N2OS. The Labute approximate surface area is 125 Å². The second-order valence-electron chi connectivity index (χ2n) is 5.17. The summed E-state index contributed by atoms with van der Waals surface area (Å²) in [5, 5.41) is 3.95. The Balaban J connectivity index is 2.00. The minimum absolute atomic E-state index is 0.657. The van der Waals surface area contributed by atoms with E-state index < -0.39 is 0 Å². The highest BCUT2D eigenvalue weighted by Crippen LogP contribution is 2.15. The van der Waals surface area contributed by atoms with Crippen LogP contribution in [0.5, 0.6) is 0 Å². The largest absolute Gasteiger partial charge is 0.464 e. The van der Waals surface area contributed by atoms with Gasteiger partial charge in [-0.3, -0.25) is 0 Å². The maximum atomic E-state index is 5.56. The van der Waals surface area contributed by atoms with Crippen LogP contribution in [0.4, 0.5) is 5.69 Å². The van der Waals surface area contributed by atoms with Gasteiger partial charge in [0.05, 0.1) is 6.54 Å². The Hall–Kier alpha value is -1.81. The van der Waals surface area contributed by atoms with Gasteiger partial charge in [0.25, 0.3) is 0 Å². The summed E-state index contributed by atoms with van der Waals surface area (Å²) in [7, 11) is 1.95. The van der Waals surface area contributed by atoms with Crippen LogP contribution in [0.15, 0.2) is 34.7 Å². The van der Waals surface area contributed by atoms with Crippen molar-refractivity contribution in [2.24, 2.45) is 0 Å². The maximum absolute atomic E-state index is 5.56. The minimum Gasteiger partial charge on any atom is -0.464 e. The average molecular weight is 288 g/mol. The molecular weight excluding hydrogens is 268 g/mol. The van der Waals surface area contributed by atoms with Crippen molar-refractivity contribution in [3.05, 3.63) is 53.0 Å². The van der Waals surface area contributed by atoms with E-state index in [2.05, 4.69) is 37.4 Å². The highest BCUT2D eigenvalue weighted by Gasteiger charge is 2.08. The van der Waals surface area contributed by atoms with Crippen molar-refractivity contribution in [1.29, 1.82) is 0 Å². The van der Waals surface area contributed by atoms with Gasteiger partial charge in [-0.15, -0.1) is 0 Å². The Morgan fingerprint density at radius 1 is 1.15 bits per heavy atom. The predicted molar refractivity (Wildman–Crippen MR) is 87.0 cm³/mol. The van der Waals surface area contributed by atoms with Gasteiger partial charge in [0.1, 0.15) is 11.5 Å². The van der Waals surface area contributed by atoms with E-state index in [1.165, 1.54) is 11.1 Å². The van der Waals surface area contributed by atoms with E-state index in [0.29, 0.717) is 11.7 Å². The van der Waals surface area contributed by atoms with Gasteiger partial charge in [-0.05, 0) is 68.4 Å². The van der Waals surface area contributed by atoms with Gasteiger partial charge in [0.2, 0.25) is 0 Å². The summed E-state index contributed by atoms with van der Waals surface area (Å²) in [6, 6.07) is 10.3. The number of nitrogens with zero attached hydrogens (tertiary/aromatic N) is 1. The zero-order chi connectivity index (χ0) is 14.7. The molecule has 0 aliphatic carbocycles. The van der Waals surface area contributed by atoms with Crippen LogP contribution in [0.25, 0.3) is 0 Å². The third-order valence-corrected chi connectivity index (χ3v) is 3.42. The van der Waals surface area contributed by atoms with Gasteiger partial charge in [-0.2, -0.15) is 0 Å². The molecule has 2 aromatic rings. The van der Waals surface area contributed by atoms with Crippen LogP contribution in [-0.2, 0) is 6.54 Å².